The van der Waals surface area contributed by atoms with E-state index in [1.165, 1.54) is 10.5 Å². The van der Waals surface area contributed by atoms with Gasteiger partial charge in [-0.2, -0.15) is 0 Å². The molecule has 1 atom stereocenters. The van der Waals surface area contributed by atoms with E-state index in [4.69, 9.17) is 9.47 Å². The molecule has 0 saturated carbocycles. The third kappa shape index (κ3) is 4.51. The number of anilines is 1. The summed E-state index contributed by atoms with van der Waals surface area (Å²) in [6.07, 6.45) is 2.21. The van der Waals surface area contributed by atoms with Gasteiger partial charge in [0.15, 0.2) is 0 Å². The lowest BCUT2D eigenvalue weighted by atomic mass is 9.93. The smallest absolute Gasteiger partial charge is 0.415 e. The fourth-order valence-electron chi connectivity index (χ4n) is 3.26. The van der Waals surface area contributed by atoms with Crippen LogP contribution in [0.15, 0.2) is 24.3 Å². The zero-order valence-corrected chi connectivity index (χ0v) is 15.8. The molecule has 2 fully saturated rings. The number of hydrogen-bond donors (Lipinski definition) is 0. The van der Waals surface area contributed by atoms with Crippen LogP contribution >= 0.6 is 0 Å². The summed E-state index contributed by atoms with van der Waals surface area (Å²) in [6.45, 7) is 2.54. The Morgan fingerprint density at radius 2 is 2.00 bits per heavy atom. The molecule has 2 heterocycles. The van der Waals surface area contributed by atoms with Crippen LogP contribution < -0.4 is 4.90 Å². The van der Waals surface area contributed by atoms with Crippen molar-refractivity contribution in [2.45, 2.75) is 44.6 Å². The number of carbonyl (C=O) groups excluding carboxylic acids is 2. The first-order valence-corrected chi connectivity index (χ1v) is 10.7. The lowest BCUT2D eigenvalue weighted by Crippen LogP contribution is -2.29. The van der Waals surface area contributed by atoms with Gasteiger partial charge in [0, 0.05) is 5.69 Å². The van der Waals surface area contributed by atoms with Crippen LogP contribution in [0.4, 0.5) is 10.5 Å². The van der Waals surface area contributed by atoms with Gasteiger partial charge in [-0.05, 0) is 42.9 Å². The molecule has 1 aromatic carbocycles. The first kappa shape index (κ1) is 19.0. The molecule has 26 heavy (non-hydrogen) atoms. The molecular weight excluding hydrogens is 354 g/mol. The summed E-state index contributed by atoms with van der Waals surface area (Å²) in [5, 5.41) is 0. The van der Waals surface area contributed by atoms with Crippen molar-refractivity contribution < 1.29 is 23.6 Å². The maximum absolute atomic E-state index is 12.1. The minimum atomic E-state index is -0.868. The molecule has 6 nitrogen and oxygen atoms in total. The molecule has 0 bridgehead atoms. The standard InChI is InChI=1S/C19H25NO5S/c1-2-3-10-24-18(21)17-13-20(19(22)25-17)16-6-4-14(5-7-16)15-8-11-26(23)12-9-15/h4-7,15,17H,2-3,8-13H2,1H3/t15-,17-,26-/m1/s1. The van der Waals surface area contributed by atoms with Gasteiger partial charge in [-0.3, -0.25) is 4.90 Å². The van der Waals surface area contributed by atoms with Crippen LogP contribution in [0.3, 0.4) is 0 Å². The highest BCUT2D eigenvalue weighted by molar-refractivity contribution is 7.91. The first-order chi connectivity index (χ1) is 12.6. The average molecular weight is 379 g/mol. The number of hydrogen-bond acceptors (Lipinski definition) is 5. The molecule has 2 aliphatic rings. The fourth-order valence-corrected chi connectivity index (χ4v) is 4.56. The van der Waals surface area contributed by atoms with E-state index >= 15 is 0 Å². The quantitative estimate of drug-likeness (QED) is 0.431. The second-order valence-electron chi connectivity index (χ2n) is 6.72. The highest BCUT2D eigenvalue weighted by Gasteiger charge is 2.38. The second kappa shape index (κ2) is 8.77. The number of amides is 1. The number of nitrogens with zero attached hydrogens (tertiary/aromatic N) is 1. The molecule has 7 heteroatoms. The van der Waals surface area contributed by atoms with Crippen LogP contribution in [-0.2, 0) is 25.4 Å². The Morgan fingerprint density at radius 1 is 1.31 bits per heavy atom. The van der Waals surface area contributed by atoms with E-state index in [1.54, 1.807) is 0 Å². The molecule has 1 aromatic rings. The van der Waals surface area contributed by atoms with Gasteiger partial charge in [0.1, 0.15) is 11.5 Å². The zero-order valence-electron chi connectivity index (χ0n) is 15.0. The number of benzene rings is 1. The average Bonchev–Trinajstić information content (AvgIpc) is 3.04. The summed E-state index contributed by atoms with van der Waals surface area (Å²) in [6, 6.07) is 7.78. The summed E-state index contributed by atoms with van der Waals surface area (Å²) < 4.78 is 21.8. The van der Waals surface area contributed by atoms with E-state index < -0.39 is 29.3 Å². The van der Waals surface area contributed by atoms with Crippen molar-refractivity contribution >= 4 is 28.9 Å². The Labute approximate surface area is 157 Å². The molecule has 0 N–H and O–H groups in total. The number of ether oxygens (including phenoxy) is 2. The van der Waals surface area contributed by atoms with E-state index in [0.29, 0.717) is 18.2 Å². The summed E-state index contributed by atoms with van der Waals surface area (Å²) in [5.41, 5.74) is 1.91. The SMILES string of the molecule is CCCCOC(=O)[C@H]1CN(c2ccc([C@H]3CC[S@+]([O-])CC3)cc2)C(=O)O1. The van der Waals surface area contributed by atoms with E-state index in [9.17, 15) is 14.1 Å². The number of rotatable bonds is 6. The molecule has 0 unspecified atom stereocenters. The monoisotopic (exact) mass is 379 g/mol. The summed E-state index contributed by atoms with van der Waals surface area (Å²) in [4.78, 5) is 25.5. The van der Waals surface area contributed by atoms with Crippen LogP contribution in [0.5, 0.6) is 0 Å². The lowest BCUT2D eigenvalue weighted by Gasteiger charge is -2.24. The maximum atomic E-state index is 12.1. The van der Waals surface area contributed by atoms with Crippen molar-refractivity contribution in [3.05, 3.63) is 29.8 Å². The molecule has 0 aromatic heterocycles. The van der Waals surface area contributed by atoms with E-state index in [1.807, 2.05) is 31.2 Å². The Bertz CT molecular complexity index is 627. The molecule has 1 amide bonds. The van der Waals surface area contributed by atoms with Gasteiger partial charge in [-0.15, -0.1) is 0 Å². The van der Waals surface area contributed by atoms with E-state index in [-0.39, 0.29) is 6.54 Å². The van der Waals surface area contributed by atoms with Crippen molar-refractivity contribution in [2.75, 3.05) is 29.6 Å². The maximum Gasteiger partial charge on any atom is 0.415 e. The van der Waals surface area contributed by atoms with Gasteiger partial charge in [0.05, 0.1) is 13.2 Å². The van der Waals surface area contributed by atoms with Crippen molar-refractivity contribution in [2.24, 2.45) is 0 Å². The van der Waals surface area contributed by atoms with Gasteiger partial charge in [0.2, 0.25) is 6.10 Å². The minimum Gasteiger partial charge on any atom is -0.616 e. The Hall–Kier alpha value is -1.73. The second-order valence-corrected chi connectivity index (χ2v) is 8.41. The van der Waals surface area contributed by atoms with Crippen LogP contribution in [0, 0.1) is 0 Å². The van der Waals surface area contributed by atoms with Crippen molar-refractivity contribution in [3.63, 3.8) is 0 Å². The summed E-state index contributed by atoms with van der Waals surface area (Å²) in [7, 11) is 0. The first-order valence-electron chi connectivity index (χ1n) is 9.18. The molecular formula is C19H25NO5S. The Morgan fingerprint density at radius 3 is 2.65 bits per heavy atom. The van der Waals surface area contributed by atoms with Crippen molar-refractivity contribution in [1.29, 1.82) is 0 Å². The number of esters is 1. The molecule has 0 radical (unpaired) electrons. The van der Waals surface area contributed by atoms with Crippen LogP contribution in [-0.4, -0.2) is 47.4 Å². The number of cyclic esters (lactones) is 1. The van der Waals surface area contributed by atoms with Gasteiger partial charge < -0.3 is 14.0 Å². The summed E-state index contributed by atoms with van der Waals surface area (Å²) >= 11 is -0.671. The predicted molar refractivity (Wildman–Crippen MR) is 99.8 cm³/mol. The van der Waals surface area contributed by atoms with Gasteiger partial charge in [-0.25, -0.2) is 9.59 Å². The highest BCUT2D eigenvalue weighted by Crippen LogP contribution is 2.31. The number of carbonyl (C=O) groups is 2. The fraction of sp³-hybridized carbons (Fsp3) is 0.579. The van der Waals surface area contributed by atoms with Crippen molar-refractivity contribution in [1.82, 2.24) is 0 Å². The normalized spacial score (nSPS) is 25.8. The van der Waals surface area contributed by atoms with E-state index in [2.05, 4.69) is 0 Å². The molecule has 142 valence electrons. The molecule has 3 rings (SSSR count). The van der Waals surface area contributed by atoms with Gasteiger partial charge in [-0.1, -0.05) is 36.7 Å². The Balaban J connectivity index is 1.58. The summed E-state index contributed by atoms with van der Waals surface area (Å²) in [5.74, 6) is 1.45. The van der Waals surface area contributed by atoms with Crippen LogP contribution in [0.1, 0.15) is 44.1 Å². The van der Waals surface area contributed by atoms with Crippen LogP contribution in [0.25, 0.3) is 0 Å². The highest BCUT2D eigenvalue weighted by atomic mass is 32.2. The topological polar surface area (TPSA) is 78.9 Å². The Kier molecular flexibility index (Phi) is 6.43. The zero-order chi connectivity index (χ0) is 18.5. The molecule has 0 aliphatic carbocycles. The molecule has 2 aliphatic heterocycles. The lowest BCUT2D eigenvalue weighted by molar-refractivity contribution is -0.151. The van der Waals surface area contributed by atoms with Gasteiger partial charge in [0.25, 0.3) is 0 Å². The third-order valence-electron chi connectivity index (χ3n) is 4.88. The van der Waals surface area contributed by atoms with Gasteiger partial charge >= 0.3 is 12.1 Å². The van der Waals surface area contributed by atoms with Crippen molar-refractivity contribution in [3.8, 4) is 0 Å². The predicted octanol–water partition coefficient (Wildman–Crippen LogP) is 2.98. The minimum absolute atomic E-state index is 0.172. The van der Waals surface area contributed by atoms with E-state index in [0.717, 1.165) is 37.2 Å². The molecule has 2 saturated heterocycles. The largest absolute Gasteiger partial charge is 0.616 e. The third-order valence-corrected chi connectivity index (χ3v) is 6.26. The van der Waals surface area contributed by atoms with Crippen LogP contribution in [0.2, 0.25) is 0 Å². The number of unbranched alkanes of at least 4 members (excludes halogenated alkanes) is 1. The molecule has 0 spiro atoms.